The number of piperidine rings is 1. The van der Waals surface area contributed by atoms with E-state index in [0.29, 0.717) is 13.2 Å². The van der Waals surface area contributed by atoms with E-state index in [0.717, 1.165) is 54.9 Å². The molecule has 0 spiro atoms. The van der Waals surface area contributed by atoms with E-state index in [1.807, 2.05) is 19.9 Å². The minimum Gasteiger partial charge on any atom is -0.490 e. The minimum absolute atomic E-state index is 0.0336. The van der Waals surface area contributed by atoms with Crippen molar-refractivity contribution in [3.8, 4) is 11.5 Å². The molecule has 0 saturated carbocycles. The van der Waals surface area contributed by atoms with Crippen LogP contribution in [0.4, 0.5) is 0 Å². The number of likely N-dealkylation sites (tertiary alicyclic amines) is 1. The number of nitrogens with zero attached hydrogens (tertiary/aromatic N) is 1. The number of hydrogen-bond acceptors (Lipinski definition) is 4. The van der Waals surface area contributed by atoms with Gasteiger partial charge in [0, 0.05) is 35.9 Å². The number of carbonyl (C=O) groups excluding carboxylic acids is 1. The summed E-state index contributed by atoms with van der Waals surface area (Å²) in [7, 11) is 0. The van der Waals surface area contributed by atoms with E-state index in [9.17, 15) is 4.79 Å². The van der Waals surface area contributed by atoms with Crippen molar-refractivity contribution < 1.29 is 14.3 Å². The van der Waals surface area contributed by atoms with Gasteiger partial charge in [0.15, 0.2) is 11.5 Å². The average molecular weight is 411 g/mol. The number of fused-ring (bicyclic) bond motifs is 1. The van der Waals surface area contributed by atoms with Crippen LogP contribution in [0.25, 0.3) is 0 Å². The summed E-state index contributed by atoms with van der Waals surface area (Å²) in [6.07, 6.45) is 3.06. The molecule has 5 nitrogen and oxygen atoms in total. The number of hydrogen-bond donors (Lipinski definition) is 1. The van der Waals surface area contributed by atoms with Gasteiger partial charge in [-0.15, -0.1) is 0 Å². The molecule has 0 unspecified atom stereocenters. The molecule has 2 aliphatic heterocycles. The first-order valence-electron chi connectivity index (χ1n) is 9.13. The molecule has 1 N–H and O–H groups in total. The molecule has 138 valence electrons. The van der Waals surface area contributed by atoms with Crippen molar-refractivity contribution >= 4 is 21.8 Å². The largest absolute Gasteiger partial charge is 0.490 e. The van der Waals surface area contributed by atoms with E-state index in [-0.39, 0.29) is 17.9 Å². The lowest BCUT2D eigenvalue weighted by Gasteiger charge is -2.33. The Bertz CT molecular complexity index is 621. The first kappa shape index (κ1) is 18.5. The van der Waals surface area contributed by atoms with Crippen molar-refractivity contribution in [2.24, 2.45) is 5.92 Å². The Labute approximate surface area is 158 Å². The maximum atomic E-state index is 12.0. The summed E-state index contributed by atoms with van der Waals surface area (Å²) in [5.41, 5.74) is 1.19. The van der Waals surface area contributed by atoms with Crippen LogP contribution in [0.2, 0.25) is 0 Å². The Kier molecular flexibility index (Phi) is 6.23. The predicted molar refractivity (Wildman–Crippen MR) is 101 cm³/mol. The van der Waals surface area contributed by atoms with Gasteiger partial charge in [-0.1, -0.05) is 29.8 Å². The quantitative estimate of drug-likeness (QED) is 0.826. The zero-order valence-corrected chi connectivity index (χ0v) is 16.6. The van der Waals surface area contributed by atoms with Gasteiger partial charge in [-0.3, -0.25) is 9.69 Å². The van der Waals surface area contributed by atoms with Crippen LogP contribution in [0, 0.1) is 5.92 Å². The van der Waals surface area contributed by atoms with Crippen molar-refractivity contribution in [1.82, 2.24) is 10.2 Å². The predicted octanol–water partition coefficient (Wildman–Crippen LogP) is 3.35. The molecular formula is C19H27BrN2O3. The van der Waals surface area contributed by atoms with Crippen LogP contribution in [0.1, 0.15) is 38.7 Å². The van der Waals surface area contributed by atoms with Gasteiger partial charge < -0.3 is 14.8 Å². The zero-order chi connectivity index (χ0) is 17.8. The summed E-state index contributed by atoms with van der Waals surface area (Å²) in [6, 6.07) is 4.33. The Hall–Kier alpha value is -1.27. The molecule has 1 saturated heterocycles. The Morgan fingerprint density at radius 2 is 2.00 bits per heavy atom. The van der Waals surface area contributed by atoms with Crippen LogP contribution >= 0.6 is 15.9 Å². The van der Waals surface area contributed by atoms with E-state index in [1.165, 1.54) is 5.56 Å². The third-order valence-corrected chi connectivity index (χ3v) is 5.42. The first-order valence-corrected chi connectivity index (χ1v) is 9.93. The number of halogens is 1. The highest BCUT2D eigenvalue weighted by molar-refractivity contribution is 9.10. The molecule has 1 atom stereocenters. The second kappa shape index (κ2) is 8.41. The molecule has 1 fully saturated rings. The zero-order valence-electron chi connectivity index (χ0n) is 15.0. The lowest BCUT2D eigenvalue weighted by atomic mass is 10.0. The van der Waals surface area contributed by atoms with Gasteiger partial charge in [-0.2, -0.15) is 0 Å². The van der Waals surface area contributed by atoms with Crippen molar-refractivity contribution in [2.45, 2.75) is 45.7 Å². The lowest BCUT2D eigenvalue weighted by molar-refractivity contribution is -0.125. The highest BCUT2D eigenvalue weighted by Gasteiger charge is 2.23. The number of ether oxygens (including phenoxy) is 2. The second-order valence-electron chi connectivity index (χ2n) is 7.18. The number of benzene rings is 1. The summed E-state index contributed by atoms with van der Waals surface area (Å²) >= 11 is 3.67. The summed E-state index contributed by atoms with van der Waals surface area (Å²) in [5.74, 6) is 1.82. The molecule has 0 aromatic heterocycles. The summed E-state index contributed by atoms with van der Waals surface area (Å²) in [5, 5.41) is 3.17. The van der Waals surface area contributed by atoms with Gasteiger partial charge in [-0.05, 0) is 37.1 Å². The smallest absolute Gasteiger partial charge is 0.222 e. The van der Waals surface area contributed by atoms with Crippen molar-refractivity contribution in [3.63, 3.8) is 0 Å². The normalized spacial score (nSPS) is 21.0. The van der Waals surface area contributed by atoms with Crippen molar-refractivity contribution in [2.75, 3.05) is 26.3 Å². The molecule has 25 heavy (non-hydrogen) atoms. The molecule has 0 radical (unpaired) electrons. The maximum Gasteiger partial charge on any atom is 0.222 e. The van der Waals surface area contributed by atoms with Crippen LogP contribution in [0.15, 0.2) is 16.6 Å². The third-order valence-electron chi connectivity index (χ3n) is 4.69. The van der Waals surface area contributed by atoms with Crippen LogP contribution in [0.5, 0.6) is 11.5 Å². The molecule has 1 amide bonds. The molecule has 0 bridgehead atoms. The fourth-order valence-corrected chi connectivity index (χ4v) is 3.72. The van der Waals surface area contributed by atoms with Gasteiger partial charge in [0.1, 0.15) is 0 Å². The molecule has 3 rings (SSSR count). The molecule has 0 aliphatic carbocycles. The van der Waals surface area contributed by atoms with Crippen LogP contribution in [-0.2, 0) is 11.3 Å². The topological polar surface area (TPSA) is 50.8 Å². The van der Waals surface area contributed by atoms with Gasteiger partial charge >= 0.3 is 0 Å². The maximum absolute atomic E-state index is 12.0. The van der Waals surface area contributed by atoms with E-state index >= 15 is 0 Å². The SMILES string of the molecule is CC(C)C(=O)N[C@@H]1CCCN(Cc2cc3c(cc2Br)OCCCO3)C1. The number of rotatable bonds is 4. The molecule has 2 heterocycles. The molecule has 1 aromatic rings. The van der Waals surface area contributed by atoms with E-state index < -0.39 is 0 Å². The molecule has 2 aliphatic rings. The first-order chi connectivity index (χ1) is 12.0. The Morgan fingerprint density at radius 1 is 1.28 bits per heavy atom. The van der Waals surface area contributed by atoms with Gasteiger partial charge in [-0.25, -0.2) is 0 Å². The van der Waals surface area contributed by atoms with Gasteiger partial charge in [0.25, 0.3) is 0 Å². The summed E-state index contributed by atoms with van der Waals surface area (Å²) in [6.45, 7) is 8.04. The third kappa shape index (κ3) is 4.88. The fraction of sp³-hybridized carbons (Fsp3) is 0.632. The van der Waals surface area contributed by atoms with Crippen LogP contribution in [-0.4, -0.2) is 43.2 Å². The standard InChI is InChI=1S/C19H27BrN2O3/c1-13(2)19(23)21-15-5-3-6-22(12-15)11-14-9-17-18(10-16(14)20)25-8-4-7-24-17/h9-10,13,15H,3-8,11-12H2,1-2H3,(H,21,23)/t15-/m1/s1. The summed E-state index contributed by atoms with van der Waals surface area (Å²) < 4.78 is 12.6. The number of carbonyl (C=O) groups is 1. The lowest BCUT2D eigenvalue weighted by Crippen LogP contribution is -2.48. The molecular weight excluding hydrogens is 384 g/mol. The second-order valence-corrected chi connectivity index (χ2v) is 8.03. The Balaban J connectivity index is 1.65. The Morgan fingerprint density at radius 3 is 2.72 bits per heavy atom. The van der Waals surface area contributed by atoms with E-state index in [1.54, 1.807) is 0 Å². The van der Waals surface area contributed by atoms with Crippen LogP contribution in [0.3, 0.4) is 0 Å². The number of nitrogens with one attached hydrogen (secondary N) is 1. The van der Waals surface area contributed by atoms with Gasteiger partial charge in [0.05, 0.1) is 13.2 Å². The summed E-state index contributed by atoms with van der Waals surface area (Å²) in [4.78, 5) is 14.4. The molecule has 1 aromatic carbocycles. The van der Waals surface area contributed by atoms with E-state index in [4.69, 9.17) is 9.47 Å². The average Bonchev–Trinajstić information content (AvgIpc) is 2.80. The molecule has 6 heteroatoms. The van der Waals surface area contributed by atoms with Gasteiger partial charge in [0.2, 0.25) is 5.91 Å². The fourth-order valence-electron chi connectivity index (χ4n) is 3.27. The highest BCUT2D eigenvalue weighted by Crippen LogP contribution is 2.36. The monoisotopic (exact) mass is 410 g/mol. The van der Waals surface area contributed by atoms with Crippen molar-refractivity contribution in [1.29, 1.82) is 0 Å². The number of amides is 1. The minimum atomic E-state index is 0.0336. The highest BCUT2D eigenvalue weighted by atomic mass is 79.9. The van der Waals surface area contributed by atoms with E-state index in [2.05, 4.69) is 32.2 Å². The van der Waals surface area contributed by atoms with Crippen LogP contribution < -0.4 is 14.8 Å². The van der Waals surface area contributed by atoms with Crippen molar-refractivity contribution in [3.05, 3.63) is 22.2 Å².